The minimum atomic E-state index is -0.284. The highest BCUT2D eigenvalue weighted by molar-refractivity contribution is 7.10. The van der Waals surface area contributed by atoms with Crippen molar-refractivity contribution in [1.82, 2.24) is 0 Å². The number of aryl methyl sites for hydroxylation is 1. The van der Waals surface area contributed by atoms with Gasteiger partial charge in [-0.2, -0.15) is 0 Å². The Morgan fingerprint density at radius 1 is 1.38 bits per heavy atom. The Labute approximate surface area is 103 Å². The molecule has 2 rings (SSSR count). The molecule has 0 saturated heterocycles. The molecule has 84 valence electrons. The Bertz CT molecular complexity index is 509. The summed E-state index contributed by atoms with van der Waals surface area (Å²) in [6.07, 6.45) is 0. The van der Waals surface area contributed by atoms with Crippen LogP contribution < -0.4 is 5.73 Å². The Hall–Kier alpha value is -0.900. The van der Waals surface area contributed by atoms with Gasteiger partial charge in [0.2, 0.25) is 0 Å². The van der Waals surface area contributed by atoms with Gasteiger partial charge in [0.15, 0.2) is 0 Å². The van der Waals surface area contributed by atoms with Crippen LogP contribution >= 0.6 is 22.9 Å². The fourth-order valence-electron chi connectivity index (χ4n) is 1.66. The molecule has 1 aromatic carbocycles. The van der Waals surface area contributed by atoms with Crippen LogP contribution in [0.1, 0.15) is 22.0 Å². The molecule has 0 fully saturated rings. The summed E-state index contributed by atoms with van der Waals surface area (Å²) >= 11 is 7.54. The van der Waals surface area contributed by atoms with Crippen LogP contribution in [0.4, 0.5) is 4.39 Å². The van der Waals surface area contributed by atoms with Crippen molar-refractivity contribution in [2.45, 2.75) is 13.0 Å². The van der Waals surface area contributed by atoms with Crippen LogP contribution in [0.25, 0.3) is 0 Å². The Morgan fingerprint density at radius 2 is 2.12 bits per heavy atom. The van der Waals surface area contributed by atoms with E-state index in [0.717, 1.165) is 16.0 Å². The van der Waals surface area contributed by atoms with E-state index < -0.39 is 0 Å². The smallest absolute Gasteiger partial charge is 0.123 e. The van der Waals surface area contributed by atoms with E-state index in [1.807, 2.05) is 18.4 Å². The van der Waals surface area contributed by atoms with Crippen LogP contribution in [0.15, 0.2) is 29.6 Å². The highest BCUT2D eigenvalue weighted by Crippen LogP contribution is 2.32. The lowest BCUT2D eigenvalue weighted by Gasteiger charge is -2.13. The summed E-state index contributed by atoms with van der Waals surface area (Å²) in [5.74, 6) is -0.245. The van der Waals surface area contributed by atoms with Gasteiger partial charge in [-0.05, 0) is 41.6 Å². The molecule has 16 heavy (non-hydrogen) atoms. The van der Waals surface area contributed by atoms with E-state index in [-0.39, 0.29) is 11.9 Å². The van der Waals surface area contributed by atoms with Gasteiger partial charge in [-0.15, -0.1) is 11.3 Å². The zero-order valence-corrected chi connectivity index (χ0v) is 10.3. The monoisotopic (exact) mass is 255 g/mol. The predicted molar refractivity (Wildman–Crippen MR) is 66.5 cm³/mol. The SMILES string of the molecule is Cc1cc(F)ccc1C(N)c1sccc1Cl. The summed E-state index contributed by atoms with van der Waals surface area (Å²) < 4.78 is 13.0. The minimum Gasteiger partial charge on any atom is -0.320 e. The summed E-state index contributed by atoms with van der Waals surface area (Å²) in [7, 11) is 0. The molecular weight excluding hydrogens is 245 g/mol. The van der Waals surface area contributed by atoms with Gasteiger partial charge in [0, 0.05) is 4.88 Å². The Morgan fingerprint density at radius 3 is 2.69 bits per heavy atom. The summed E-state index contributed by atoms with van der Waals surface area (Å²) in [6.45, 7) is 1.85. The molecule has 1 nitrogen and oxygen atoms in total. The maximum atomic E-state index is 13.0. The summed E-state index contributed by atoms with van der Waals surface area (Å²) in [5.41, 5.74) is 7.87. The lowest BCUT2D eigenvalue weighted by Crippen LogP contribution is -2.12. The molecule has 0 aliphatic rings. The highest BCUT2D eigenvalue weighted by Gasteiger charge is 2.15. The molecule has 1 atom stereocenters. The number of halogens is 2. The van der Waals surface area contributed by atoms with E-state index in [1.165, 1.54) is 23.5 Å². The lowest BCUT2D eigenvalue weighted by molar-refractivity contribution is 0.625. The van der Waals surface area contributed by atoms with E-state index in [1.54, 1.807) is 6.07 Å². The van der Waals surface area contributed by atoms with Gasteiger partial charge in [-0.25, -0.2) is 4.39 Å². The van der Waals surface area contributed by atoms with Crippen molar-refractivity contribution < 1.29 is 4.39 Å². The van der Waals surface area contributed by atoms with E-state index in [9.17, 15) is 4.39 Å². The number of hydrogen-bond donors (Lipinski definition) is 1. The fourth-order valence-corrected chi connectivity index (χ4v) is 2.85. The van der Waals surface area contributed by atoms with E-state index >= 15 is 0 Å². The van der Waals surface area contributed by atoms with Crippen LogP contribution in [0.2, 0.25) is 5.02 Å². The molecule has 0 aliphatic carbocycles. The average Bonchev–Trinajstić information content (AvgIpc) is 2.63. The van der Waals surface area contributed by atoms with Gasteiger partial charge in [-0.1, -0.05) is 17.7 Å². The summed E-state index contributed by atoms with van der Waals surface area (Å²) in [5, 5.41) is 2.57. The van der Waals surface area contributed by atoms with Crippen molar-refractivity contribution in [2.75, 3.05) is 0 Å². The molecule has 2 aromatic rings. The summed E-state index contributed by atoms with van der Waals surface area (Å²) in [6, 6.07) is 6.15. The van der Waals surface area contributed by atoms with Crippen molar-refractivity contribution in [3.8, 4) is 0 Å². The summed E-state index contributed by atoms with van der Waals surface area (Å²) in [4.78, 5) is 0.913. The Kier molecular flexibility index (Phi) is 3.28. The van der Waals surface area contributed by atoms with Crippen molar-refractivity contribution >= 4 is 22.9 Å². The maximum absolute atomic E-state index is 13.0. The normalized spacial score (nSPS) is 12.8. The first kappa shape index (κ1) is 11.6. The number of hydrogen-bond acceptors (Lipinski definition) is 2. The highest BCUT2D eigenvalue weighted by atomic mass is 35.5. The van der Waals surface area contributed by atoms with Crippen LogP contribution in [-0.2, 0) is 0 Å². The fraction of sp³-hybridized carbons (Fsp3) is 0.167. The third kappa shape index (κ3) is 2.12. The van der Waals surface area contributed by atoms with Crippen molar-refractivity contribution in [2.24, 2.45) is 5.73 Å². The first-order valence-corrected chi connectivity index (χ1v) is 6.10. The predicted octanol–water partition coefficient (Wildman–Crippen LogP) is 3.90. The molecule has 0 spiro atoms. The Balaban J connectivity index is 2.41. The van der Waals surface area contributed by atoms with Gasteiger partial charge in [0.05, 0.1) is 11.1 Å². The first-order chi connectivity index (χ1) is 7.59. The van der Waals surface area contributed by atoms with Crippen molar-refractivity contribution in [3.63, 3.8) is 0 Å². The lowest BCUT2D eigenvalue weighted by atomic mass is 10.0. The second kappa shape index (κ2) is 4.53. The minimum absolute atomic E-state index is 0.245. The van der Waals surface area contributed by atoms with Gasteiger partial charge in [0.25, 0.3) is 0 Å². The van der Waals surface area contributed by atoms with Gasteiger partial charge in [0.1, 0.15) is 5.82 Å². The molecular formula is C12H11ClFNS. The first-order valence-electron chi connectivity index (χ1n) is 4.84. The molecule has 0 aliphatic heterocycles. The molecule has 0 saturated carbocycles. The molecule has 0 amide bonds. The molecule has 0 bridgehead atoms. The number of thiophene rings is 1. The van der Waals surface area contributed by atoms with Gasteiger partial charge < -0.3 is 5.73 Å². The topological polar surface area (TPSA) is 26.0 Å². The third-order valence-electron chi connectivity index (χ3n) is 2.49. The van der Waals surface area contributed by atoms with Gasteiger partial charge >= 0.3 is 0 Å². The molecule has 0 radical (unpaired) electrons. The van der Waals surface area contributed by atoms with Crippen molar-refractivity contribution in [3.05, 3.63) is 56.5 Å². The second-order valence-electron chi connectivity index (χ2n) is 3.61. The van der Waals surface area contributed by atoms with Crippen LogP contribution in [0.5, 0.6) is 0 Å². The molecule has 1 heterocycles. The average molecular weight is 256 g/mol. The van der Waals surface area contributed by atoms with Crippen LogP contribution in [0, 0.1) is 12.7 Å². The van der Waals surface area contributed by atoms with E-state index in [0.29, 0.717) is 5.02 Å². The second-order valence-corrected chi connectivity index (χ2v) is 4.97. The number of nitrogens with two attached hydrogens (primary N) is 1. The third-order valence-corrected chi connectivity index (χ3v) is 3.94. The van der Waals surface area contributed by atoms with Crippen molar-refractivity contribution in [1.29, 1.82) is 0 Å². The molecule has 4 heteroatoms. The van der Waals surface area contributed by atoms with E-state index in [2.05, 4.69) is 0 Å². The number of rotatable bonds is 2. The quantitative estimate of drug-likeness (QED) is 0.866. The maximum Gasteiger partial charge on any atom is 0.123 e. The van der Waals surface area contributed by atoms with Gasteiger partial charge in [-0.3, -0.25) is 0 Å². The van der Waals surface area contributed by atoms with E-state index in [4.69, 9.17) is 17.3 Å². The number of benzene rings is 1. The van der Waals surface area contributed by atoms with Crippen LogP contribution in [0.3, 0.4) is 0 Å². The largest absolute Gasteiger partial charge is 0.320 e. The van der Waals surface area contributed by atoms with Crippen LogP contribution in [-0.4, -0.2) is 0 Å². The zero-order chi connectivity index (χ0) is 11.7. The molecule has 1 aromatic heterocycles. The molecule has 1 unspecified atom stereocenters. The standard InChI is InChI=1S/C12H11ClFNS/c1-7-6-8(14)2-3-9(7)11(15)12-10(13)4-5-16-12/h2-6,11H,15H2,1H3. The molecule has 2 N–H and O–H groups in total. The zero-order valence-electron chi connectivity index (χ0n) is 8.71.